The first-order chi connectivity index (χ1) is 6.20. The number of anilines is 1. The maximum absolute atomic E-state index is 11.6. The Balaban J connectivity index is 2.51. The molecule has 4 nitrogen and oxygen atoms in total. The van der Waals surface area contributed by atoms with Crippen LogP contribution in [0.25, 0.3) is 6.08 Å². The molecule has 0 aliphatic carbocycles. The van der Waals surface area contributed by atoms with Crippen molar-refractivity contribution in [3.8, 4) is 0 Å². The van der Waals surface area contributed by atoms with Gasteiger partial charge in [-0.2, -0.15) is 0 Å². The van der Waals surface area contributed by atoms with Crippen LogP contribution in [0.2, 0.25) is 0 Å². The van der Waals surface area contributed by atoms with Gasteiger partial charge in [-0.15, -0.1) is 0 Å². The lowest BCUT2D eigenvalue weighted by Gasteiger charge is -2.14. The highest BCUT2D eigenvalue weighted by molar-refractivity contribution is 5.97. The van der Waals surface area contributed by atoms with Gasteiger partial charge in [0.15, 0.2) is 6.39 Å². The third kappa shape index (κ3) is 1.14. The summed E-state index contributed by atoms with van der Waals surface area (Å²) in [5, 5.41) is 0. The van der Waals surface area contributed by atoms with Gasteiger partial charge in [-0.1, -0.05) is 13.0 Å². The maximum atomic E-state index is 11.6. The van der Waals surface area contributed by atoms with Gasteiger partial charge in [0.1, 0.15) is 5.69 Å². The Bertz CT molecular complexity index is 367. The first kappa shape index (κ1) is 8.04. The number of aromatic nitrogens is 1. The molecule has 1 unspecified atom stereocenters. The maximum Gasteiger partial charge on any atom is 0.235 e. The van der Waals surface area contributed by atoms with E-state index in [-0.39, 0.29) is 11.8 Å². The van der Waals surface area contributed by atoms with Crippen molar-refractivity contribution in [3.63, 3.8) is 0 Å². The molecule has 0 spiro atoms. The zero-order chi connectivity index (χ0) is 9.42. The monoisotopic (exact) mass is 178 g/mol. The van der Waals surface area contributed by atoms with Crippen LogP contribution in [0.1, 0.15) is 12.6 Å². The van der Waals surface area contributed by atoms with Crippen molar-refractivity contribution in [1.29, 1.82) is 0 Å². The lowest BCUT2D eigenvalue weighted by Crippen LogP contribution is -2.29. The molecule has 0 saturated heterocycles. The molecule has 0 saturated carbocycles. The summed E-state index contributed by atoms with van der Waals surface area (Å²) in [4.78, 5) is 17.1. The van der Waals surface area contributed by atoms with E-state index in [0.29, 0.717) is 11.6 Å². The number of hydrogen-bond donors (Lipinski definition) is 0. The molecule has 0 bridgehead atoms. The Kier molecular flexibility index (Phi) is 1.69. The molecule has 4 heteroatoms. The number of oxazole rings is 1. The van der Waals surface area contributed by atoms with Crippen LogP contribution in [-0.2, 0) is 4.79 Å². The number of rotatable bonds is 0. The summed E-state index contributed by atoms with van der Waals surface area (Å²) in [6, 6.07) is 0. The summed E-state index contributed by atoms with van der Waals surface area (Å²) in [5.74, 6) is 0.423. The van der Waals surface area contributed by atoms with Gasteiger partial charge < -0.3 is 4.42 Å². The van der Waals surface area contributed by atoms with E-state index in [1.807, 2.05) is 19.1 Å². The highest BCUT2D eigenvalue weighted by atomic mass is 16.4. The number of amides is 1. The van der Waals surface area contributed by atoms with Crippen molar-refractivity contribution in [2.45, 2.75) is 6.92 Å². The van der Waals surface area contributed by atoms with Crippen LogP contribution < -0.4 is 4.90 Å². The third-order valence-corrected chi connectivity index (χ3v) is 2.14. The molecule has 2 rings (SSSR count). The summed E-state index contributed by atoms with van der Waals surface area (Å²) in [6.07, 6.45) is 4.98. The third-order valence-electron chi connectivity index (χ3n) is 2.14. The van der Waals surface area contributed by atoms with E-state index in [0.717, 1.165) is 0 Å². The Morgan fingerprint density at radius 2 is 2.38 bits per heavy atom. The van der Waals surface area contributed by atoms with Gasteiger partial charge in [0.05, 0.1) is 5.92 Å². The van der Waals surface area contributed by atoms with Crippen LogP contribution in [0, 0.1) is 5.92 Å². The number of fused-ring (bicyclic) bond motifs is 1. The summed E-state index contributed by atoms with van der Waals surface area (Å²) in [7, 11) is 1.69. The van der Waals surface area contributed by atoms with Gasteiger partial charge in [-0.3, -0.25) is 9.69 Å². The van der Waals surface area contributed by atoms with Gasteiger partial charge in [0.25, 0.3) is 0 Å². The van der Waals surface area contributed by atoms with Gasteiger partial charge >= 0.3 is 0 Å². The molecule has 1 aromatic rings. The Labute approximate surface area is 75.9 Å². The van der Waals surface area contributed by atoms with Crippen molar-refractivity contribution >= 4 is 17.9 Å². The molecule has 0 radical (unpaired) electrons. The molecule has 0 fully saturated rings. The van der Waals surface area contributed by atoms with E-state index in [4.69, 9.17) is 4.42 Å². The second-order valence-corrected chi connectivity index (χ2v) is 3.09. The average Bonchev–Trinajstić information content (AvgIpc) is 2.56. The van der Waals surface area contributed by atoms with Crippen molar-refractivity contribution in [2.75, 3.05) is 11.9 Å². The smallest absolute Gasteiger partial charge is 0.235 e. The second kappa shape index (κ2) is 2.73. The fourth-order valence-corrected chi connectivity index (χ4v) is 1.34. The molecule has 13 heavy (non-hydrogen) atoms. The standard InChI is InChI=1S/C9H10N2O2/c1-6-3-4-7-9(13-5-10-7)11(2)8(6)12/h3-6H,1-2H3. The normalized spacial score (nSPS) is 21.5. The molecule has 1 atom stereocenters. The fraction of sp³-hybridized carbons (Fsp3) is 0.333. The lowest BCUT2D eigenvalue weighted by atomic mass is 10.1. The molecular formula is C9H10N2O2. The minimum absolute atomic E-state index is 0.0201. The number of hydrogen-bond acceptors (Lipinski definition) is 3. The zero-order valence-electron chi connectivity index (χ0n) is 7.52. The molecular weight excluding hydrogens is 168 g/mol. The van der Waals surface area contributed by atoms with Crippen molar-refractivity contribution < 1.29 is 9.21 Å². The van der Waals surface area contributed by atoms with Crippen molar-refractivity contribution in [1.82, 2.24) is 4.98 Å². The van der Waals surface area contributed by atoms with E-state index in [2.05, 4.69) is 4.98 Å². The predicted octanol–water partition coefficient (Wildman–Crippen LogP) is 1.30. The molecule has 68 valence electrons. The zero-order valence-corrected chi connectivity index (χ0v) is 7.52. The molecule has 1 aromatic heterocycles. The second-order valence-electron chi connectivity index (χ2n) is 3.09. The van der Waals surface area contributed by atoms with Crippen molar-refractivity contribution in [3.05, 3.63) is 18.2 Å². The molecule has 1 amide bonds. The first-order valence-corrected chi connectivity index (χ1v) is 4.09. The van der Waals surface area contributed by atoms with E-state index in [1.165, 1.54) is 11.3 Å². The van der Waals surface area contributed by atoms with E-state index in [1.54, 1.807) is 7.05 Å². The van der Waals surface area contributed by atoms with Crippen molar-refractivity contribution in [2.24, 2.45) is 5.92 Å². The molecule has 0 N–H and O–H groups in total. The Morgan fingerprint density at radius 3 is 3.15 bits per heavy atom. The summed E-state index contributed by atoms with van der Waals surface area (Å²) < 4.78 is 5.11. The predicted molar refractivity (Wildman–Crippen MR) is 48.1 cm³/mol. The lowest BCUT2D eigenvalue weighted by molar-refractivity contribution is -0.120. The quantitative estimate of drug-likeness (QED) is 0.601. The summed E-state index contributed by atoms with van der Waals surface area (Å²) in [6.45, 7) is 1.85. The van der Waals surface area contributed by atoms with Crippen LogP contribution in [-0.4, -0.2) is 17.9 Å². The highest BCUT2D eigenvalue weighted by Crippen LogP contribution is 2.24. The SMILES string of the molecule is CC1C=Cc2ncoc2N(C)C1=O. The summed E-state index contributed by atoms with van der Waals surface area (Å²) >= 11 is 0. The first-order valence-electron chi connectivity index (χ1n) is 4.09. The van der Waals surface area contributed by atoms with Crippen LogP contribution in [0.3, 0.4) is 0 Å². The van der Waals surface area contributed by atoms with Gasteiger partial charge in [-0.25, -0.2) is 4.98 Å². The molecule has 2 heterocycles. The van der Waals surface area contributed by atoms with Gasteiger partial charge in [-0.05, 0) is 6.08 Å². The topological polar surface area (TPSA) is 46.3 Å². The number of nitrogens with zero attached hydrogens (tertiary/aromatic N) is 2. The molecule has 1 aliphatic rings. The fourth-order valence-electron chi connectivity index (χ4n) is 1.34. The summed E-state index contributed by atoms with van der Waals surface area (Å²) in [5.41, 5.74) is 0.709. The van der Waals surface area contributed by atoms with E-state index < -0.39 is 0 Å². The van der Waals surface area contributed by atoms with Gasteiger partial charge in [0.2, 0.25) is 11.8 Å². The van der Waals surface area contributed by atoms with E-state index in [9.17, 15) is 4.79 Å². The minimum atomic E-state index is -0.116. The highest BCUT2D eigenvalue weighted by Gasteiger charge is 2.24. The Morgan fingerprint density at radius 1 is 1.62 bits per heavy atom. The van der Waals surface area contributed by atoms with Crippen LogP contribution in [0.5, 0.6) is 0 Å². The minimum Gasteiger partial charge on any atom is -0.427 e. The molecule has 1 aliphatic heterocycles. The molecule has 0 aromatic carbocycles. The van der Waals surface area contributed by atoms with Crippen LogP contribution in [0.4, 0.5) is 5.88 Å². The van der Waals surface area contributed by atoms with E-state index >= 15 is 0 Å². The van der Waals surface area contributed by atoms with Gasteiger partial charge in [0, 0.05) is 7.05 Å². The average molecular weight is 178 g/mol. The van der Waals surface area contributed by atoms with Crippen LogP contribution >= 0.6 is 0 Å². The number of carbonyl (C=O) groups excluding carboxylic acids is 1. The Hall–Kier alpha value is -1.58. The van der Waals surface area contributed by atoms with Crippen LogP contribution in [0.15, 0.2) is 16.9 Å². The number of carbonyl (C=O) groups is 1. The largest absolute Gasteiger partial charge is 0.427 e.